The molecule has 7 nitrogen and oxygen atoms in total. The Kier molecular flexibility index (Phi) is 5.04. The normalized spacial score (nSPS) is 19.0. The minimum atomic E-state index is 0.176. The molecule has 0 radical (unpaired) electrons. The molecule has 1 fully saturated rings. The van der Waals surface area contributed by atoms with Crippen molar-refractivity contribution in [1.82, 2.24) is 14.7 Å². The van der Waals surface area contributed by atoms with Crippen molar-refractivity contribution < 1.29 is 5.11 Å². The number of nitriles is 1. The van der Waals surface area contributed by atoms with Crippen molar-refractivity contribution in [3.8, 4) is 6.07 Å². The fraction of sp³-hybridized carbons (Fsp3) is 0.714. The van der Waals surface area contributed by atoms with E-state index in [0.717, 1.165) is 32.5 Å². The zero-order valence-electron chi connectivity index (χ0n) is 12.8. The molecular formula is C14H24N6O. The first-order valence-electron chi connectivity index (χ1n) is 7.33. The van der Waals surface area contributed by atoms with Crippen LogP contribution in [0.5, 0.6) is 0 Å². The van der Waals surface area contributed by atoms with Crippen LogP contribution in [0.1, 0.15) is 18.4 Å². The fourth-order valence-corrected chi connectivity index (χ4v) is 2.66. The highest BCUT2D eigenvalue weighted by molar-refractivity contribution is 5.65. The van der Waals surface area contributed by atoms with E-state index in [9.17, 15) is 10.4 Å². The Morgan fingerprint density at radius 2 is 2.29 bits per heavy atom. The van der Waals surface area contributed by atoms with E-state index in [1.165, 1.54) is 0 Å². The van der Waals surface area contributed by atoms with Gasteiger partial charge in [0.25, 0.3) is 0 Å². The van der Waals surface area contributed by atoms with Gasteiger partial charge in [-0.05, 0) is 32.9 Å². The van der Waals surface area contributed by atoms with Crippen LogP contribution < -0.4 is 10.6 Å². The molecule has 21 heavy (non-hydrogen) atoms. The van der Waals surface area contributed by atoms with Crippen LogP contribution >= 0.6 is 0 Å². The van der Waals surface area contributed by atoms with Gasteiger partial charge in [0.05, 0.1) is 6.54 Å². The van der Waals surface area contributed by atoms with E-state index in [1.54, 1.807) is 4.68 Å². The number of hydrogen-bond acceptors (Lipinski definition) is 6. The van der Waals surface area contributed by atoms with Gasteiger partial charge in [0.15, 0.2) is 5.82 Å². The summed E-state index contributed by atoms with van der Waals surface area (Å²) in [7, 11) is 3.98. The number of rotatable bonds is 5. The number of piperidine rings is 1. The number of nitrogens with zero attached hydrogens (tertiary/aromatic N) is 5. The third-order valence-corrected chi connectivity index (χ3v) is 3.92. The Hall–Kier alpha value is -1.78. The summed E-state index contributed by atoms with van der Waals surface area (Å²) in [5.74, 6) is 1.34. The lowest BCUT2D eigenvalue weighted by molar-refractivity contribution is 0.208. The lowest BCUT2D eigenvalue weighted by atomic mass is 9.99. The van der Waals surface area contributed by atoms with Gasteiger partial charge in [-0.1, -0.05) is 0 Å². The smallest absolute Gasteiger partial charge is 0.170 e. The van der Waals surface area contributed by atoms with Crippen LogP contribution in [-0.4, -0.2) is 60.1 Å². The first-order valence-corrected chi connectivity index (χ1v) is 7.33. The summed E-state index contributed by atoms with van der Waals surface area (Å²) in [6.45, 7) is 3.24. The second kappa shape index (κ2) is 6.78. The third-order valence-electron chi connectivity index (χ3n) is 3.92. The van der Waals surface area contributed by atoms with E-state index in [-0.39, 0.29) is 12.5 Å². The van der Waals surface area contributed by atoms with Crippen LogP contribution in [-0.2, 0) is 6.54 Å². The topological polar surface area (TPSA) is 94.3 Å². The van der Waals surface area contributed by atoms with E-state index >= 15 is 0 Å². The number of likely N-dealkylation sites (N-methyl/N-ethyl adjacent to an activating group) is 1. The van der Waals surface area contributed by atoms with Gasteiger partial charge >= 0.3 is 0 Å². The molecule has 2 heterocycles. The Bertz CT molecular complexity index is 518. The summed E-state index contributed by atoms with van der Waals surface area (Å²) in [6, 6.07) is 2.18. The van der Waals surface area contributed by atoms with Crippen LogP contribution in [0.4, 0.5) is 11.6 Å². The predicted octanol–water partition coefficient (Wildman–Crippen LogP) is 0.107. The van der Waals surface area contributed by atoms with Crippen LogP contribution in [0.15, 0.2) is 0 Å². The van der Waals surface area contributed by atoms with Crippen molar-refractivity contribution in [2.24, 2.45) is 5.92 Å². The molecular weight excluding hydrogens is 268 g/mol. The predicted molar refractivity (Wildman–Crippen MR) is 81.9 cm³/mol. The molecule has 1 aromatic heterocycles. The summed E-state index contributed by atoms with van der Waals surface area (Å²) < 4.78 is 1.70. The van der Waals surface area contributed by atoms with Gasteiger partial charge in [0.1, 0.15) is 17.5 Å². The summed E-state index contributed by atoms with van der Waals surface area (Å²) >= 11 is 0. The van der Waals surface area contributed by atoms with Gasteiger partial charge in [-0.25, -0.2) is 4.68 Å². The Morgan fingerprint density at radius 3 is 2.90 bits per heavy atom. The SMILES string of the molecule is CN(C)CCn1nc(N2CCCC(CO)C2)c(C#N)c1N. The monoisotopic (exact) mass is 292 g/mol. The number of nitrogen functional groups attached to an aromatic ring is 1. The molecule has 0 spiro atoms. The van der Waals surface area contributed by atoms with Crippen LogP contribution in [0.2, 0.25) is 0 Å². The maximum atomic E-state index is 9.37. The number of aliphatic hydroxyl groups excluding tert-OH is 1. The average molecular weight is 292 g/mol. The van der Waals surface area contributed by atoms with E-state index in [2.05, 4.69) is 21.0 Å². The molecule has 1 saturated heterocycles. The molecule has 1 unspecified atom stereocenters. The maximum absolute atomic E-state index is 9.37. The molecule has 1 atom stereocenters. The first-order chi connectivity index (χ1) is 10.1. The highest BCUT2D eigenvalue weighted by Crippen LogP contribution is 2.28. The van der Waals surface area contributed by atoms with Gasteiger partial charge in [0, 0.05) is 26.2 Å². The molecule has 0 aromatic carbocycles. The molecule has 2 rings (SSSR count). The molecule has 1 aliphatic heterocycles. The Labute approximate surface area is 125 Å². The molecule has 1 aromatic rings. The number of hydrogen-bond donors (Lipinski definition) is 2. The minimum absolute atomic E-state index is 0.176. The number of aromatic nitrogens is 2. The Morgan fingerprint density at radius 1 is 1.52 bits per heavy atom. The van der Waals surface area contributed by atoms with Crippen molar-refractivity contribution in [3.63, 3.8) is 0 Å². The minimum Gasteiger partial charge on any atom is -0.396 e. The summed E-state index contributed by atoms with van der Waals surface area (Å²) in [6.07, 6.45) is 2.02. The quantitative estimate of drug-likeness (QED) is 0.800. The van der Waals surface area contributed by atoms with E-state index < -0.39 is 0 Å². The lowest BCUT2D eigenvalue weighted by Crippen LogP contribution is -2.37. The summed E-state index contributed by atoms with van der Waals surface area (Å²) in [5.41, 5.74) is 6.51. The highest BCUT2D eigenvalue weighted by Gasteiger charge is 2.26. The second-order valence-electron chi connectivity index (χ2n) is 5.86. The van der Waals surface area contributed by atoms with Crippen LogP contribution in [0.25, 0.3) is 0 Å². The molecule has 116 valence electrons. The fourth-order valence-electron chi connectivity index (χ4n) is 2.66. The van der Waals surface area contributed by atoms with E-state index in [1.807, 2.05) is 14.1 Å². The van der Waals surface area contributed by atoms with Crippen molar-refractivity contribution in [2.75, 3.05) is 51.0 Å². The molecule has 0 bridgehead atoms. The van der Waals surface area contributed by atoms with Crippen molar-refractivity contribution in [2.45, 2.75) is 19.4 Å². The molecule has 1 aliphatic rings. The molecule has 3 N–H and O–H groups in total. The summed E-state index contributed by atoms with van der Waals surface area (Å²) in [5, 5.41) is 23.2. The first kappa shape index (κ1) is 15.6. The summed E-state index contributed by atoms with van der Waals surface area (Å²) in [4.78, 5) is 4.13. The van der Waals surface area contributed by atoms with Gasteiger partial charge < -0.3 is 20.6 Å². The number of aliphatic hydroxyl groups is 1. The zero-order chi connectivity index (χ0) is 15.4. The van der Waals surface area contributed by atoms with E-state index in [0.29, 0.717) is 23.7 Å². The van der Waals surface area contributed by atoms with Gasteiger partial charge in [-0.3, -0.25) is 0 Å². The third kappa shape index (κ3) is 3.46. The second-order valence-corrected chi connectivity index (χ2v) is 5.86. The van der Waals surface area contributed by atoms with Gasteiger partial charge in [-0.2, -0.15) is 10.4 Å². The van der Waals surface area contributed by atoms with Gasteiger partial charge in [0.2, 0.25) is 0 Å². The Balaban J connectivity index is 2.22. The highest BCUT2D eigenvalue weighted by atomic mass is 16.3. The standard InChI is InChI=1S/C14H24N6O/c1-18(2)6-7-20-13(16)12(8-15)14(17-20)19-5-3-4-11(9-19)10-21/h11,21H,3-7,9-10,16H2,1-2H3. The average Bonchev–Trinajstić information content (AvgIpc) is 2.81. The lowest BCUT2D eigenvalue weighted by Gasteiger charge is -2.32. The molecule has 7 heteroatoms. The largest absolute Gasteiger partial charge is 0.396 e. The van der Waals surface area contributed by atoms with Crippen molar-refractivity contribution in [1.29, 1.82) is 5.26 Å². The number of anilines is 2. The molecule has 0 amide bonds. The van der Waals surface area contributed by atoms with Crippen LogP contribution in [0.3, 0.4) is 0 Å². The van der Waals surface area contributed by atoms with Crippen molar-refractivity contribution >= 4 is 11.6 Å². The van der Waals surface area contributed by atoms with Crippen molar-refractivity contribution in [3.05, 3.63) is 5.56 Å². The maximum Gasteiger partial charge on any atom is 0.170 e. The molecule has 0 saturated carbocycles. The molecule has 0 aliphatic carbocycles. The van der Waals surface area contributed by atoms with Gasteiger partial charge in [-0.15, -0.1) is 0 Å². The van der Waals surface area contributed by atoms with E-state index in [4.69, 9.17) is 5.73 Å². The van der Waals surface area contributed by atoms with Crippen LogP contribution in [0, 0.1) is 17.2 Å². The number of nitrogens with two attached hydrogens (primary N) is 1. The zero-order valence-corrected chi connectivity index (χ0v) is 12.8.